The number of para-hydroxylation sites is 1. The van der Waals surface area contributed by atoms with E-state index in [0.29, 0.717) is 12.0 Å². The normalized spacial score (nSPS) is 13.6. The first kappa shape index (κ1) is 23.9. The Labute approximate surface area is 179 Å². The molecule has 0 aliphatic rings. The number of H-pyrrole nitrogens is 1. The number of carboxylic acid groups (broad SMARTS) is 1. The van der Waals surface area contributed by atoms with Crippen LogP contribution in [-0.4, -0.2) is 51.9 Å². The minimum Gasteiger partial charge on any atom is -0.481 e. The molecule has 5 N–H and O–H groups in total. The van der Waals surface area contributed by atoms with Gasteiger partial charge in [-0.05, 0) is 18.4 Å². The van der Waals surface area contributed by atoms with Gasteiger partial charge in [0, 0.05) is 35.0 Å². The van der Waals surface area contributed by atoms with Crippen molar-refractivity contribution in [2.45, 2.75) is 39.2 Å². The van der Waals surface area contributed by atoms with E-state index in [1.54, 1.807) is 6.20 Å². The van der Waals surface area contributed by atoms with E-state index in [-0.39, 0.29) is 18.1 Å². The van der Waals surface area contributed by atoms with Crippen LogP contribution in [0.2, 0.25) is 0 Å². The van der Waals surface area contributed by atoms with Crippen LogP contribution in [0.15, 0.2) is 35.6 Å². The number of hydrogen-bond acceptors (Lipinski definition) is 6. The van der Waals surface area contributed by atoms with Crippen molar-refractivity contribution in [1.29, 1.82) is 0 Å². The Morgan fingerprint density at radius 2 is 1.90 bits per heavy atom. The quantitative estimate of drug-likeness (QED) is 0.208. The van der Waals surface area contributed by atoms with Crippen molar-refractivity contribution < 1.29 is 29.5 Å². The Balaban J connectivity index is 2.39. The molecule has 0 saturated carbocycles. The molecule has 1 heterocycles. The van der Waals surface area contributed by atoms with Crippen LogP contribution in [0.4, 0.5) is 0 Å². The minimum atomic E-state index is -1.14. The summed E-state index contributed by atoms with van der Waals surface area (Å²) in [4.78, 5) is 44.3. The number of oxime groups is 1. The number of fused-ring (bicyclic) bond motifs is 1. The van der Waals surface area contributed by atoms with E-state index >= 15 is 0 Å². The maximum absolute atomic E-state index is 13.0. The molecule has 2 aromatic rings. The van der Waals surface area contributed by atoms with Gasteiger partial charge in [-0.15, -0.1) is 0 Å². The lowest BCUT2D eigenvalue weighted by Gasteiger charge is -2.23. The molecular formula is C21H28N4O6. The maximum Gasteiger partial charge on any atom is 0.305 e. The molecule has 2 atom stereocenters. The molecule has 10 heteroatoms. The Morgan fingerprint density at radius 3 is 2.52 bits per heavy atom. The predicted molar refractivity (Wildman–Crippen MR) is 114 cm³/mol. The topological polar surface area (TPSA) is 153 Å². The number of amides is 2. The molecule has 0 aliphatic heterocycles. The van der Waals surface area contributed by atoms with Crippen molar-refractivity contribution in [3.63, 3.8) is 0 Å². The van der Waals surface area contributed by atoms with Gasteiger partial charge in [-0.2, -0.15) is 0 Å². The molecule has 0 aliphatic carbocycles. The monoisotopic (exact) mass is 432 g/mol. The van der Waals surface area contributed by atoms with E-state index in [9.17, 15) is 19.5 Å². The molecule has 10 nitrogen and oxygen atoms in total. The van der Waals surface area contributed by atoms with Gasteiger partial charge in [0.25, 0.3) is 0 Å². The predicted octanol–water partition coefficient (Wildman–Crippen LogP) is 2.04. The van der Waals surface area contributed by atoms with Crippen LogP contribution < -0.4 is 10.8 Å². The number of hydrogen-bond donors (Lipinski definition) is 5. The van der Waals surface area contributed by atoms with E-state index in [1.807, 2.05) is 38.1 Å². The van der Waals surface area contributed by atoms with Gasteiger partial charge in [0.1, 0.15) is 12.8 Å². The van der Waals surface area contributed by atoms with Gasteiger partial charge in [0.15, 0.2) is 0 Å². The summed E-state index contributed by atoms with van der Waals surface area (Å²) in [6, 6.07) is 6.39. The lowest BCUT2D eigenvalue weighted by atomic mass is 9.92. The van der Waals surface area contributed by atoms with Gasteiger partial charge in [-0.1, -0.05) is 37.2 Å². The first-order valence-corrected chi connectivity index (χ1v) is 9.89. The summed E-state index contributed by atoms with van der Waals surface area (Å²) in [6.07, 6.45) is 1.38. The van der Waals surface area contributed by atoms with Crippen molar-refractivity contribution >= 4 is 34.4 Å². The van der Waals surface area contributed by atoms with Crippen LogP contribution in [-0.2, 0) is 19.2 Å². The van der Waals surface area contributed by atoms with Crippen molar-refractivity contribution in [3.8, 4) is 0 Å². The van der Waals surface area contributed by atoms with Gasteiger partial charge in [0.05, 0.1) is 12.5 Å². The Bertz CT molecular complexity index is 952. The molecule has 0 radical (unpaired) electrons. The SMILES string of the molecule is CON=C(c1c[nH]c2ccccc12)[C@H](CC(=O)O)NC(=O)[C@@H](CC(=O)NO)CC(C)C. The highest BCUT2D eigenvalue weighted by atomic mass is 16.6. The smallest absolute Gasteiger partial charge is 0.305 e. The Kier molecular flexibility index (Phi) is 8.56. The number of rotatable bonds is 11. The summed E-state index contributed by atoms with van der Waals surface area (Å²) in [5.41, 5.74) is 3.19. The van der Waals surface area contributed by atoms with Crippen molar-refractivity contribution in [2.75, 3.05) is 7.11 Å². The van der Waals surface area contributed by atoms with Crippen LogP contribution in [0, 0.1) is 11.8 Å². The average molecular weight is 432 g/mol. The van der Waals surface area contributed by atoms with E-state index in [2.05, 4.69) is 15.5 Å². The van der Waals surface area contributed by atoms with Gasteiger partial charge in [0.2, 0.25) is 11.8 Å². The third-order valence-electron chi connectivity index (χ3n) is 4.76. The number of aromatic nitrogens is 1. The van der Waals surface area contributed by atoms with Crippen molar-refractivity contribution in [3.05, 3.63) is 36.0 Å². The van der Waals surface area contributed by atoms with E-state index in [1.165, 1.54) is 12.6 Å². The third kappa shape index (κ3) is 6.54. The number of carbonyl (C=O) groups excluding carboxylic acids is 2. The first-order chi connectivity index (χ1) is 14.8. The number of carbonyl (C=O) groups is 3. The molecule has 0 bridgehead atoms. The van der Waals surface area contributed by atoms with Crippen LogP contribution >= 0.6 is 0 Å². The molecule has 0 saturated heterocycles. The molecule has 31 heavy (non-hydrogen) atoms. The molecule has 0 unspecified atom stereocenters. The van der Waals surface area contributed by atoms with Gasteiger partial charge in [-0.25, -0.2) is 5.48 Å². The van der Waals surface area contributed by atoms with Gasteiger partial charge in [-0.3, -0.25) is 19.6 Å². The highest BCUT2D eigenvalue weighted by molar-refractivity contribution is 6.14. The number of benzene rings is 1. The summed E-state index contributed by atoms with van der Waals surface area (Å²) in [7, 11) is 1.33. The minimum absolute atomic E-state index is 0.0981. The number of aliphatic carboxylic acids is 1. The second-order valence-corrected chi connectivity index (χ2v) is 7.63. The number of hydroxylamine groups is 1. The molecule has 0 fully saturated rings. The second kappa shape index (κ2) is 11.1. The summed E-state index contributed by atoms with van der Waals surface area (Å²) < 4.78 is 0. The summed E-state index contributed by atoms with van der Waals surface area (Å²) >= 11 is 0. The Morgan fingerprint density at radius 1 is 1.19 bits per heavy atom. The fraction of sp³-hybridized carbons (Fsp3) is 0.429. The zero-order chi connectivity index (χ0) is 23.0. The fourth-order valence-corrected chi connectivity index (χ4v) is 3.48. The number of nitrogens with one attached hydrogen (secondary N) is 3. The molecule has 2 rings (SSSR count). The summed E-state index contributed by atoms with van der Waals surface area (Å²) in [5, 5.41) is 25.8. The first-order valence-electron chi connectivity index (χ1n) is 9.89. The zero-order valence-electron chi connectivity index (χ0n) is 17.7. The molecule has 1 aromatic carbocycles. The van der Waals surface area contributed by atoms with E-state index in [4.69, 9.17) is 10.0 Å². The van der Waals surface area contributed by atoms with Crippen LogP contribution in [0.25, 0.3) is 10.9 Å². The van der Waals surface area contributed by atoms with E-state index in [0.717, 1.165) is 10.9 Å². The third-order valence-corrected chi connectivity index (χ3v) is 4.76. The molecule has 2 amide bonds. The maximum atomic E-state index is 13.0. The molecule has 1 aromatic heterocycles. The zero-order valence-corrected chi connectivity index (χ0v) is 17.7. The summed E-state index contributed by atoms with van der Waals surface area (Å²) in [6.45, 7) is 3.80. The Hall–Kier alpha value is -3.40. The highest BCUT2D eigenvalue weighted by Crippen LogP contribution is 2.22. The largest absolute Gasteiger partial charge is 0.481 e. The lowest BCUT2D eigenvalue weighted by molar-refractivity contribution is -0.138. The second-order valence-electron chi connectivity index (χ2n) is 7.63. The standard InChI is InChI=1S/C21H28N4O6/c1-12(2)8-13(9-18(26)24-30)21(29)23-17(10-19(27)28)20(25-31-3)15-11-22-16-7-5-4-6-14(15)16/h4-7,11-13,17,22,30H,8-10H2,1-3H3,(H,23,29)(H,24,26)(H,27,28)/t13-,17+/m1/s1. The lowest BCUT2D eigenvalue weighted by Crippen LogP contribution is -2.46. The van der Waals surface area contributed by atoms with Gasteiger partial charge < -0.3 is 20.2 Å². The average Bonchev–Trinajstić information content (AvgIpc) is 3.14. The van der Waals surface area contributed by atoms with Crippen LogP contribution in [0.3, 0.4) is 0 Å². The van der Waals surface area contributed by atoms with E-state index < -0.39 is 36.2 Å². The number of carboxylic acids is 1. The highest BCUT2D eigenvalue weighted by Gasteiger charge is 2.30. The van der Waals surface area contributed by atoms with Crippen molar-refractivity contribution in [2.24, 2.45) is 17.0 Å². The molecule has 168 valence electrons. The van der Waals surface area contributed by atoms with Crippen LogP contribution in [0.1, 0.15) is 38.7 Å². The van der Waals surface area contributed by atoms with Gasteiger partial charge >= 0.3 is 5.97 Å². The molecule has 0 spiro atoms. The number of aromatic amines is 1. The van der Waals surface area contributed by atoms with Crippen LogP contribution in [0.5, 0.6) is 0 Å². The fourth-order valence-electron chi connectivity index (χ4n) is 3.48. The number of nitrogens with zero attached hydrogens (tertiary/aromatic N) is 1. The van der Waals surface area contributed by atoms with Crippen molar-refractivity contribution in [1.82, 2.24) is 15.8 Å². The summed E-state index contributed by atoms with van der Waals surface area (Å²) in [5.74, 6) is -3.00. The molecular weight excluding hydrogens is 404 g/mol.